The monoisotopic (exact) mass is 965 g/mol. The summed E-state index contributed by atoms with van der Waals surface area (Å²) in [5, 5.41) is 8.99. The summed E-state index contributed by atoms with van der Waals surface area (Å²) in [6.07, 6.45) is 69.4. The van der Waals surface area contributed by atoms with Crippen LogP contribution in [0.25, 0.3) is 0 Å². The standard InChI is InChI=1S/C66H84N4S/c1-42-29-32-54-58(37-42)70(50-27-17-8-18-28-50)57-36-35-53-52-33-30-48(38-59(52)71-62(53)61(54)57)51-34-31-49(66(3)40-43(2)60(45-21-11-5-12-22-45)56(41-66)44-19-9-4-10-20-44)39-55(51)65-68-63(46-23-13-6-14-24-46)67-64(69-65)47-25-15-7-16-26-47/h4,6,8-10,13,15,17,19,21,25,27,31,34,37-39,42-44,46-47,51-52,54-55,57,59,61,63-64,67H,5,7,11-12,14,16,18,20,22-24,26,28-30,32-33,35-36,40-41H2,1-3H3,(H,68,69). The molecule has 4 nitrogen and oxygen atoms in total. The summed E-state index contributed by atoms with van der Waals surface area (Å²) in [5.74, 6) is 6.58. The zero-order valence-electron chi connectivity index (χ0n) is 43.5. The van der Waals surface area contributed by atoms with Crippen LogP contribution in [0.4, 0.5) is 0 Å². The molecule has 10 aliphatic carbocycles. The predicted octanol–water partition coefficient (Wildman–Crippen LogP) is 16.0. The van der Waals surface area contributed by atoms with Gasteiger partial charge in [-0.15, -0.1) is 11.8 Å². The molecule has 0 amide bonds. The van der Waals surface area contributed by atoms with Crippen molar-refractivity contribution >= 4 is 17.6 Å². The van der Waals surface area contributed by atoms with Gasteiger partial charge in [-0.25, -0.2) is 0 Å². The summed E-state index contributed by atoms with van der Waals surface area (Å²) in [6.45, 7) is 7.70. The predicted molar refractivity (Wildman–Crippen MR) is 299 cm³/mol. The molecule has 5 heteroatoms. The minimum absolute atomic E-state index is 0.0605. The fraction of sp³-hybridized carbons (Fsp3) is 0.591. The van der Waals surface area contributed by atoms with Gasteiger partial charge < -0.3 is 10.2 Å². The highest BCUT2D eigenvalue weighted by molar-refractivity contribution is 8.04. The van der Waals surface area contributed by atoms with Crippen molar-refractivity contribution in [2.45, 2.75) is 179 Å². The molecule has 13 aliphatic rings. The Balaban J connectivity index is 0.856. The van der Waals surface area contributed by atoms with Gasteiger partial charge in [0.1, 0.15) is 12.0 Å². The van der Waals surface area contributed by atoms with Crippen LogP contribution in [-0.4, -0.2) is 34.4 Å². The van der Waals surface area contributed by atoms with Gasteiger partial charge in [-0.05, 0) is 192 Å². The molecule has 15 atom stereocenters. The average Bonchev–Trinajstić information content (AvgIpc) is 3.96. The van der Waals surface area contributed by atoms with Crippen LogP contribution in [0.15, 0.2) is 158 Å². The van der Waals surface area contributed by atoms with Crippen molar-refractivity contribution in [3.8, 4) is 0 Å². The van der Waals surface area contributed by atoms with Crippen molar-refractivity contribution in [3.63, 3.8) is 0 Å². The van der Waals surface area contributed by atoms with Crippen molar-refractivity contribution in [1.29, 1.82) is 0 Å². The molecule has 1 saturated heterocycles. The Morgan fingerprint density at radius 2 is 1.70 bits per heavy atom. The van der Waals surface area contributed by atoms with E-state index in [1.165, 1.54) is 121 Å². The Morgan fingerprint density at radius 1 is 0.746 bits per heavy atom. The highest BCUT2D eigenvalue weighted by atomic mass is 32.2. The fourth-order valence-electron chi connectivity index (χ4n) is 17.0. The maximum atomic E-state index is 5.90. The second-order valence-corrected chi connectivity index (χ2v) is 26.2. The Labute approximate surface area is 432 Å². The lowest BCUT2D eigenvalue weighted by atomic mass is 9.59. The third kappa shape index (κ3) is 8.79. The lowest BCUT2D eigenvalue weighted by Crippen LogP contribution is -2.61. The number of aliphatic imine (C=N–C) groups is 1. The number of thioether (sulfide) groups is 1. The Bertz CT molecular complexity index is 2560. The second-order valence-electron chi connectivity index (χ2n) is 25.0. The molecule has 0 radical (unpaired) electrons. The van der Waals surface area contributed by atoms with Crippen LogP contribution in [-0.2, 0) is 0 Å². The van der Waals surface area contributed by atoms with E-state index in [9.17, 15) is 0 Å². The fourth-order valence-corrected chi connectivity index (χ4v) is 18.9. The second kappa shape index (κ2) is 19.8. The maximum absolute atomic E-state index is 5.90. The zero-order valence-corrected chi connectivity index (χ0v) is 44.4. The number of rotatable bonds is 8. The highest BCUT2D eigenvalue weighted by Crippen LogP contribution is 2.63. The first-order valence-corrected chi connectivity index (χ1v) is 30.3. The molecule has 2 N–H and O–H groups in total. The molecule has 374 valence electrons. The van der Waals surface area contributed by atoms with Gasteiger partial charge in [0, 0.05) is 58.2 Å². The van der Waals surface area contributed by atoms with Gasteiger partial charge in [-0.1, -0.05) is 135 Å². The van der Waals surface area contributed by atoms with Crippen molar-refractivity contribution in [1.82, 2.24) is 15.5 Å². The molecule has 3 heterocycles. The van der Waals surface area contributed by atoms with Gasteiger partial charge in [-0.3, -0.25) is 10.3 Å². The van der Waals surface area contributed by atoms with E-state index in [0.29, 0.717) is 64.6 Å². The summed E-state index contributed by atoms with van der Waals surface area (Å²) in [4.78, 5) is 10.6. The minimum atomic E-state index is 0.0605. The molecular weight excluding hydrogens is 881 g/mol. The molecule has 0 spiro atoms. The molecule has 15 unspecified atom stereocenters. The number of hydrogen-bond donors (Lipinski definition) is 2. The topological polar surface area (TPSA) is 39.7 Å². The van der Waals surface area contributed by atoms with Gasteiger partial charge in [-0.2, -0.15) is 0 Å². The Kier molecular flexibility index (Phi) is 13.1. The lowest BCUT2D eigenvalue weighted by Gasteiger charge is -2.46. The summed E-state index contributed by atoms with van der Waals surface area (Å²) in [5.41, 5.74) is 13.6. The van der Waals surface area contributed by atoms with Crippen molar-refractivity contribution in [2.24, 2.45) is 69.6 Å². The van der Waals surface area contributed by atoms with E-state index in [0.717, 1.165) is 19.3 Å². The Morgan fingerprint density at radius 3 is 2.52 bits per heavy atom. The van der Waals surface area contributed by atoms with E-state index < -0.39 is 0 Å². The first-order valence-electron chi connectivity index (χ1n) is 29.4. The van der Waals surface area contributed by atoms with Crippen LogP contribution in [0, 0.1) is 64.6 Å². The number of hydrogen-bond acceptors (Lipinski definition) is 5. The number of nitrogens with zero attached hydrogens (tertiary/aromatic N) is 2. The summed E-state index contributed by atoms with van der Waals surface area (Å²) in [6, 6.07) is 0.627. The van der Waals surface area contributed by atoms with E-state index in [1.807, 2.05) is 10.5 Å². The molecule has 1 fully saturated rings. The van der Waals surface area contributed by atoms with E-state index >= 15 is 0 Å². The highest BCUT2D eigenvalue weighted by Gasteiger charge is 2.55. The minimum Gasteiger partial charge on any atom is -0.358 e. The van der Waals surface area contributed by atoms with Crippen LogP contribution in [0.1, 0.15) is 156 Å². The molecule has 0 aromatic heterocycles. The summed E-state index contributed by atoms with van der Waals surface area (Å²) < 4.78 is 0. The quantitative estimate of drug-likeness (QED) is 0.238. The van der Waals surface area contributed by atoms with Crippen LogP contribution in [0.3, 0.4) is 0 Å². The summed E-state index contributed by atoms with van der Waals surface area (Å²) in [7, 11) is 0. The van der Waals surface area contributed by atoms with Gasteiger partial charge in [0.15, 0.2) is 0 Å². The molecule has 0 aromatic carbocycles. The third-order valence-corrected chi connectivity index (χ3v) is 21.9. The Hall–Kier alpha value is -3.80. The molecular formula is C66H84N4S. The normalized spacial score (nSPS) is 41.8. The largest absolute Gasteiger partial charge is 0.358 e. The van der Waals surface area contributed by atoms with Crippen molar-refractivity contribution < 1.29 is 0 Å². The van der Waals surface area contributed by atoms with E-state index in [1.54, 1.807) is 39.3 Å². The van der Waals surface area contributed by atoms with Crippen molar-refractivity contribution in [3.05, 3.63) is 153 Å². The van der Waals surface area contributed by atoms with Crippen LogP contribution >= 0.6 is 11.8 Å². The van der Waals surface area contributed by atoms with Gasteiger partial charge in [0.2, 0.25) is 0 Å². The first kappa shape index (κ1) is 46.9. The average molecular weight is 965 g/mol. The first-order chi connectivity index (χ1) is 34.9. The van der Waals surface area contributed by atoms with Gasteiger partial charge in [0.25, 0.3) is 0 Å². The molecule has 0 saturated carbocycles. The zero-order chi connectivity index (χ0) is 47.6. The number of nitrogens with one attached hydrogen (secondary N) is 2. The molecule has 13 rings (SSSR count). The maximum Gasteiger partial charge on any atom is 0.109 e. The van der Waals surface area contributed by atoms with Gasteiger partial charge >= 0.3 is 0 Å². The van der Waals surface area contributed by atoms with E-state index in [4.69, 9.17) is 4.99 Å². The van der Waals surface area contributed by atoms with Crippen LogP contribution in [0.5, 0.6) is 0 Å². The lowest BCUT2D eigenvalue weighted by molar-refractivity contribution is 0.236. The number of amidine groups is 1. The van der Waals surface area contributed by atoms with E-state index in [2.05, 4.69) is 151 Å². The van der Waals surface area contributed by atoms with E-state index in [-0.39, 0.29) is 23.7 Å². The molecule has 71 heavy (non-hydrogen) atoms. The molecule has 3 aliphatic heterocycles. The van der Waals surface area contributed by atoms with Crippen LogP contribution in [0.2, 0.25) is 0 Å². The third-order valence-electron chi connectivity index (χ3n) is 20.4. The van der Waals surface area contributed by atoms with Crippen molar-refractivity contribution in [2.75, 3.05) is 0 Å². The smallest absolute Gasteiger partial charge is 0.109 e. The van der Waals surface area contributed by atoms with Gasteiger partial charge in [0.05, 0.1) is 6.17 Å². The molecule has 0 aromatic rings. The SMILES string of the molecule is CC1C=C2C(CC1)C1C3=C(CCC1N2C1=CC=CCC1)C1CCC(C2C=CC(C4(C)CC(C5C=CC=CC5)=C(C5=CCCCC5)C(C)C4)=CC2C2=NC(C4C=CCCC4)NC(C4CC=CCC4)N2)=CC1S3. The summed E-state index contributed by atoms with van der Waals surface area (Å²) >= 11 is 2.34. The number of fused-ring (bicyclic) bond motifs is 6. The number of allylic oxidation sites excluding steroid dienone is 22. The van der Waals surface area contributed by atoms with Crippen LogP contribution < -0.4 is 10.6 Å². The number of likely N-dealkylation sites (tertiary alicyclic amines) is 1. The molecule has 0 bridgehead atoms.